The molecule has 0 saturated heterocycles. The second-order valence-electron chi connectivity index (χ2n) is 2.91. The molecule has 0 unspecified atom stereocenters. The SMILES string of the molecule is C=CS(=O)(=O)O.O=S(=O)(O)C=Cc1ccccc1. The van der Waals surface area contributed by atoms with Crippen molar-refractivity contribution in [2.75, 3.05) is 0 Å². The lowest BCUT2D eigenvalue weighted by molar-refractivity contribution is 0.492. The third kappa shape index (κ3) is 11.0. The van der Waals surface area contributed by atoms with Gasteiger partial charge in [0.05, 0.1) is 10.8 Å². The third-order valence-electron chi connectivity index (χ3n) is 1.44. The smallest absolute Gasteiger partial charge is 0.282 e. The molecule has 0 aromatic heterocycles. The summed E-state index contributed by atoms with van der Waals surface area (Å²) in [6.45, 7) is 2.79. The van der Waals surface area contributed by atoms with Crippen LogP contribution in [0.15, 0.2) is 47.7 Å². The molecule has 0 spiro atoms. The molecule has 0 radical (unpaired) electrons. The van der Waals surface area contributed by atoms with Crippen molar-refractivity contribution < 1.29 is 25.9 Å². The molecular weight excluding hydrogens is 280 g/mol. The van der Waals surface area contributed by atoms with Crippen LogP contribution < -0.4 is 0 Å². The van der Waals surface area contributed by atoms with Crippen LogP contribution in [0.1, 0.15) is 5.56 Å². The van der Waals surface area contributed by atoms with Gasteiger partial charge in [-0.05, 0) is 11.6 Å². The molecule has 1 rings (SSSR count). The molecule has 0 atom stereocenters. The van der Waals surface area contributed by atoms with Gasteiger partial charge < -0.3 is 0 Å². The molecule has 0 heterocycles. The summed E-state index contributed by atoms with van der Waals surface area (Å²) in [4.78, 5) is 0. The third-order valence-corrected chi connectivity index (χ3v) is 2.34. The van der Waals surface area contributed by atoms with E-state index in [0.29, 0.717) is 5.41 Å². The Labute approximate surface area is 106 Å². The van der Waals surface area contributed by atoms with Crippen molar-refractivity contribution in [3.63, 3.8) is 0 Å². The average Bonchev–Trinajstić information content (AvgIpc) is 2.27. The van der Waals surface area contributed by atoms with Crippen LogP contribution in [0, 0.1) is 0 Å². The molecule has 0 fully saturated rings. The van der Waals surface area contributed by atoms with Crippen molar-refractivity contribution in [2.24, 2.45) is 0 Å². The first kappa shape index (κ1) is 16.5. The van der Waals surface area contributed by atoms with Crippen molar-refractivity contribution >= 4 is 26.3 Å². The van der Waals surface area contributed by atoms with E-state index in [9.17, 15) is 16.8 Å². The molecule has 0 saturated carbocycles. The van der Waals surface area contributed by atoms with E-state index < -0.39 is 20.2 Å². The highest BCUT2D eigenvalue weighted by Gasteiger charge is 1.94. The topological polar surface area (TPSA) is 109 Å². The zero-order chi connectivity index (χ0) is 14.2. The fourth-order valence-electron chi connectivity index (χ4n) is 0.729. The second kappa shape index (κ2) is 7.07. The molecule has 0 aliphatic heterocycles. The Morgan fingerprint density at radius 3 is 1.72 bits per heavy atom. The summed E-state index contributed by atoms with van der Waals surface area (Å²) in [6.07, 6.45) is 1.33. The van der Waals surface area contributed by atoms with E-state index in [1.807, 2.05) is 6.07 Å². The number of rotatable bonds is 3. The normalized spacial score (nSPS) is 11.7. The van der Waals surface area contributed by atoms with Gasteiger partial charge in [-0.2, -0.15) is 16.8 Å². The summed E-state index contributed by atoms with van der Waals surface area (Å²) < 4.78 is 55.5. The van der Waals surface area contributed by atoms with Crippen LogP contribution in [0.5, 0.6) is 0 Å². The molecule has 0 aliphatic carbocycles. The lowest BCUT2D eigenvalue weighted by Crippen LogP contribution is -1.88. The first-order chi connectivity index (χ1) is 8.14. The van der Waals surface area contributed by atoms with E-state index in [1.54, 1.807) is 24.3 Å². The van der Waals surface area contributed by atoms with Gasteiger partial charge in [-0.25, -0.2) is 0 Å². The molecule has 2 N–H and O–H groups in total. The van der Waals surface area contributed by atoms with E-state index in [2.05, 4.69) is 6.58 Å². The van der Waals surface area contributed by atoms with E-state index in [-0.39, 0.29) is 0 Å². The molecule has 100 valence electrons. The summed E-state index contributed by atoms with van der Waals surface area (Å²) in [6, 6.07) is 8.86. The Morgan fingerprint density at radius 2 is 1.39 bits per heavy atom. The minimum absolute atomic E-state index is 0.465. The molecule has 18 heavy (non-hydrogen) atoms. The molecule has 1 aromatic carbocycles. The molecule has 8 heteroatoms. The highest BCUT2D eigenvalue weighted by Crippen LogP contribution is 2.01. The summed E-state index contributed by atoms with van der Waals surface area (Å²) in [7, 11) is -7.90. The highest BCUT2D eigenvalue weighted by atomic mass is 32.2. The maximum absolute atomic E-state index is 10.3. The first-order valence-electron chi connectivity index (χ1n) is 4.44. The minimum atomic E-state index is -4.00. The van der Waals surface area contributed by atoms with Crippen LogP contribution in [-0.4, -0.2) is 25.9 Å². The Bertz CT molecular complexity index is 587. The molecule has 0 amide bonds. The van der Waals surface area contributed by atoms with Crippen molar-refractivity contribution in [2.45, 2.75) is 0 Å². The standard InChI is InChI=1S/C8H8O3S.C2H4O3S/c9-12(10,11)7-6-8-4-2-1-3-5-8;1-2-6(3,4)5/h1-7H,(H,9,10,11);2H,1H2,(H,3,4,5). The monoisotopic (exact) mass is 292 g/mol. The Balaban J connectivity index is 0.000000411. The van der Waals surface area contributed by atoms with Crippen LogP contribution in [0.2, 0.25) is 0 Å². The average molecular weight is 292 g/mol. The van der Waals surface area contributed by atoms with Gasteiger partial charge >= 0.3 is 0 Å². The van der Waals surface area contributed by atoms with Crippen LogP contribution in [0.25, 0.3) is 6.08 Å². The van der Waals surface area contributed by atoms with Gasteiger partial charge in [-0.3, -0.25) is 9.11 Å². The summed E-state index contributed by atoms with van der Waals surface area (Å²) in [5.41, 5.74) is 0.732. The van der Waals surface area contributed by atoms with Gasteiger partial charge in [0.25, 0.3) is 20.2 Å². The molecule has 0 bridgehead atoms. The molecular formula is C10H12O6S2. The van der Waals surface area contributed by atoms with Crippen molar-refractivity contribution in [1.82, 2.24) is 0 Å². The van der Waals surface area contributed by atoms with Gasteiger partial charge in [0.2, 0.25) is 0 Å². The molecule has 6 nitrogen and oxygen atoms in total. The van der Waals surface area contributed by atoms with Gasteiger partial charge in [0.1, 0.15) is 0 Å². The van der Waals surface area contributed by atoms with Crippen LogP contribution in [0.3, 0.4) is 0 Å². The van der Waals surface area contributed by atoms with Gasteiger partial charge in [-0.15, -0.1) is 0 Å². The second-order valence-corrected chi connectivity index (χ2v) is 5.58. The summed E-state index contributed by atoms with van der Waals surface area (Å²) in [5, 5.41) is 1.22. The van der Waals surface area contributed by atoms with Crippen LogP contribution in [0.4, 0.5) is 0 Å². The molecule has 1 aromatic rings. The van der Waals surface area contributed by atoms with E-state index in [4.69, 9.17) is 9.11 Å². The van der Waals surface area contributed by atoms with Gasteiger partial charge in [-0.1, -0.05) is 36.9 Å². The predicted molar refractivity (Wildman–Crippen MR) is 68.8 cm³/mol. The van der Waals surface area contributed by atoms with E-state index >= 15 is 0 Å². The quantitative estimate of drug-likeness (QED) is 0.818. The lowest BCUT2D eigenvalue weighted by atomic mass is 10.2. The minimum Gasteiger partial charge on any atom is -0.282 e. The van der Waals surface area contributed by atoms with Crippen molar-refractivity contribution in [1.29, 1.82) is 0 Å². The van der Waals surface area contributed by atoms with Crippen LogP contribution >= 0.6 is 0 Å². The highest BCUT2D eigenvalue weighted by molar-refractivity contribution is 7.89. The largest absolute Gasteiger partial charge is 0.287 e. The van der Waals surface area contributed by atoms with Crippen molar-refractivity contribution in [3.05, 3.63) is 53.3 Å². The maximum atomic E-state index is 10.3. The number of benzene rings is 1. The Kier molecular flexibility index (Phi) is 6.48. The first-order valence-corrected chi connectivity index (χ1v) is 7.45. The number of hydrogen-bond donors (Lipinski definition) is 2. The predicted octanol–water partition coefficient (Wildman–Crippen LogP) is 1.56. The fourth-order valence-corrected chi connectivity index (χ4v) is 1.06. The Morgan fingerprint density at radius 1 is 0.944 bits per heavy atom. The lowest BCUT2D eigenvalue weighted by Gasteiger charge is -1.89. The van der Waals surface area contributed by atoms with Crippen LogP contribution in [-0.2, 0) is 20.2 Å². The van der Waals surface area contributed by atoms with E-state index in [0.717, 1.165) is 11.0 Å². The van der Waals surface area contributed by atoms with Gasteiger partial charge in [0, 0.05) is 0 Å². The number of hydrogen-bond acceptors (Lipinski definition) is 4. The fraction of sp³-hybridized carbons (Fsp3) is 0. The summed E-state index contributed by atoms with van der Waals surface area (Å²) in [5.74, 6) is 0. The van der Waals surface area contributed by atoms with Crippen molar-refractivity contribution in [3.8, 4) is 0 Å². The van der Waals surface area contributed by atoms with Gasteiger partial charge in [0.15, 0.2) is 0 Å². The Hall–Kier alpha value is -1.48. The zero-order valence-corrected chi connectivity index (χ0v) is 10.8. The van der Waals surface area contributed by atoms with E-state index in [1.165, 1.54) is 6.08 Å². The molecule has 0 aliphatic rings. The summed E-state index contributed by atoms with van der Waals surface area (Å²) >= 11 is 0. The zero-order valence-electron chi connectivity index (χ0n) is 9.17. The maximum Gasteiger partial charge on any atom is 0.287 e.